The molecule has 1 aromatic heterocycles. The minimum absolute atomic E-state index is 0. The van der Waals surface area contributed by atoms with E-state index in [9.17, 15) is 8.42 Å². The summed E-state index contributed by atoms with van der Waals surface area (Å²) in [5.74, 6) is 0.676. The number of hydrogen-bond donors (Lipinski definition) is 3. The normalized spacial score (nSPS) is 10.4. The molecule has 0 aliphatic rings. The summed E-state index contributed by atoms with van der Waals surface area (Å²) >= 11 is 0. The van der Waals surface area contributed by atoms with Crippen LogP contribution in [0.5, 0.6) is 0 Å². The molecule has 0 aromatic carbocycles. The molecule has 7 nitrogen and oxygen atoms in total. The molecule has 9 heteroatoms. The first-order valence-electron chi connectivity index (χ1n) is 6.52. The molecule has 1 rings (SSSR count). The number of guanidine groups is 1. The van der Waals surface area contributed by atoms with E-state index in [1.165, 1.54) is 18.5 Å². The quantitative estimate of drug-likeness (QED) is 0.256. The molecule has 0 saturated heterocycles. The van der Waals surface area contributed by atoms with Crippen molar-refractivity contribution in [3.63, 3.8) is 0 Å². The van der Waals surface area contributed by atoms with Crippen LogP contribution in [0.15, 0.2) is 34.4 Å². The molecular formula is C12H22IN5O2S. The molecule has 0 fully saturated rings. The fourth-order valence-corrected chi connectivity index (χ4v) is 2.43. The number of hydrogen-bond acceptors (Lipinski definition) is 4. The lowest BCUT2D eigenvalue weighted by atomic mass is 10.5. The Hall–Kier alpha value is -0.940. The molecule has 0 atom stereocenters. The molecule has 0 amide bonds. The van der Waals surface area contributed by atoms with E-state index in [4.69, 9.17) is 0 Å². The summed E-state index contributed by atoms with van der Waals surface area (Å²) in [4.78, 5) is 8.20. The van der Waals surface area contributed by atoms with Crippen LogP contribution in [0.3, 0.4) is 0 Å². The highest BCUT2D eigenvalue weighted by molar-refractivity contribution is 14.0. The van der Waals surface area contributed by atoms with Gasteiger partial charge in [-0.3, -0.25) is 9.98 Å². The van der Waals surface area contributed by atoms with Crippen LogP contribution in [0.25, 0.3) is 0 Å². The summed E-state index contributed by atoms with van der Waals surface area (Å²) < 4.78 is 26.3. The van der Waals surface area contributed by atoms with Crippen molar-refractivity contribution >= 4 is 40.0 Å². The van der Waals surface area contributed by atoms with Crippen LogP contribution in [0.1, 0.15) is 13.8 Å². The van der Waals surface area contributed by atoms with E-state index in [0.717, 1.165) is 13.1 Å². The Morgan fingerprint density at radius 1 is 1.29 bits per heavy atom. The van der Waals surface area contributed by atoms with Crippen LogP contribution in [0, 0.1) is 0 Å². The van der Waals surface area contributed by atoms with Crippen LogP contribution in [0.4, 0.5) is 0 Å². The molecule has 1 heterocycles. The fourth-order valence-electron chi connectivity index (χ4n) is 1.45. The lowest BCUT2D eigenvalue weighted by Gasteiger charge is -2.09. The maximum atomic E-state index is 11.9. The number of nitrogens with zero attached hydrogens (tertiary/aromatic N) is 2. The van der Waals surface area contributed by atoms with Crippen LogP contribution in [0.2, 0.25) is 0 Å². The second kappa shape index (κ2) is 10.7. The number of halogens is 1. The Balaban J connectivity index is 0.00000400. The highest BCUT2D eigenvalue weighted by atomic mass is 127. The van der Waals surface area contributed by atoms with Crippen molar-refractivity contribution in [3.8, 4) is 0 Å². The number of aromatic nitrogens is 1. The van der Waals surface area contributed by atoms with Gasteiger partial charge in [0.05, 0.1) is 6.54 Å². The highest BCUT2D eigenvalue weighted by Gasteiger charge is 2.12. The Morgan fingerprint density at radius 3 is 2.48 bits per heavy atom. The number of aliphatic imine (C=N–C) groups is 1. The molecule has 0 radical (unpaired) electrons. The van der Waals surface area contributed by atoms with Crippen molar-refractivity contribution in [2.45, 2.75) is 18.7 Å². The highest BCUT2D eigenvalue weighted by Crippen LogP contribution is 2.04. The number of rotatable bonds is 7. The first kappa shape index (κ1) is 20.1. The third-order valence-corrected chi connectivity index (χ3v) is 3.75. The molecule has 0 unspecified atom stereocenters. The molecule has 3 N–H and O–H groups in total. The Morgan fingerprint density at radius 2 is 1.95 bits per heavy atom. The summed E-state index contributed by atoms with van der Waals surface area (Å²) in [6.07, 6.45) is 2.84. The molecular weight excluding hydrogens is 405 g/mol. The minimum Gasteiger partial charge on any atom is -0.357 e. The van der Waals surface area contributed by atoms with Crippen LogP contribution < -0.4 is 15.4 Å². The smallest absolute Gasteiger partial charge is 0.242 e. The zero-order valence-corrected chi connectivity index (χ0v) is 15.3. The van der Waals surface area contributed by atoms with Gasteiger partial charge in [0.2, 0.25) is 10.0 Å². The zero-order valence-electron chi connectivity index (χ0n) is 12.2. The van der Waals surface area contributed by atoms with Crippen molar-refractivity contribution in [2.75, 3.05) is 26.2 Å². The predicted molar refractivity (Wildman–Crippen MR) is 94.5 cm³/mol. The van der Waals surface area contributed by atoms with Crippen LogP contribution in [-0.2, 0) is 10.0 Å². The van der Waals surface area contributed by atoms with Gasteiger partial charge in [-0.15, -0.1) is 24.0 Å². The molecule has 0 spiro atoms. The first-order chi connectivity index (χ1) is 9.60. The van der Waals surface area contributed by atoms with E-state index < -0.39 is 10.0 Å². The molecule has 0 aliphatic heterocycles. The Kier molecular flexibility index (Phi) is 10.3. The number of nitrogens with one attached hydrogen (secondary N) is 3. The monoisotopic (exact) mass is 427 g/mol. The second-order valence-corrected chi connectivity index (χ2v) is 5.64. The Bertz CT molecular complexity index is 514. The third kappa shape index (κ3) is 7.58. The SMILES string of the molecule is CCNC(=NCCNS(=O)(=O)c1cccnc1)NCC.I. The van der Waals surface area contributed by atoms with E-state index >= 15 is 0 Å². The summed E-state index contributed by atoms with van der Waals surface area (Å²) in [5, 5.41) is 6.13. The molecule has 120 valence electrons. The molecule has 0 aliphatic carbocycles. The average Bonchev–Trinajstić information content (AvgIpc) is 2.45. The Labute approximate surface area is 143 Å². The van der Waals surface area contributed by atoms with Crippen molar-refractivity contribution in [1.29, 1.82) is 0 Å². The molecule has 21 heavy (non-hydrogen) atoms. The van der Waals surface area contributed by atoms with Gasteiger partial charge in [-0.2, -0.15) is 0 Å². The van der Waals surface area contributed by atoms with Gasteiger partial charge in [-0.1, -0.05) is 0 Å². The van der Waals surface area contributed by atoms with E-state index in [-0.39, 0.29) is 35.4 Å². The largest absolute Gasteiger partial charge is 0.357 e. The van der Waals surface area contributed by atoms with E-state index in [1.807, 2.05) is 13.8 Å². The summed E-state index contributed by atoms with van der Waals surface area (Å²) in [6.45, 7) is 6.04. The van der Waals surface area contributed by atoms with Gasteiger partial charge in [0, 0.05) is 32.0 Å². The van der Waals surface area contributed by atoms with Crippen molar-refractivity contribution < 1.29 is 8.42 Å². The molecule has 1 aromatic rings. The zero-order chi connectivity index (χ0) is 14.8. The fraction of sp³-hybridized carbons (Fsp3) is 0.500. The van der Waals surface area contributed by atoms with Crippen molar-refractivity contribution in [3.05, 3.63) is 24.5 Å². The van der Waals surface area contributed by atoms with Gasteiger partial charge in [0.25, 0.3) is 0 Å². The second-order valence-electron chi connectivity index (χ2n) is 3.88. The van der Waals surface area contributed by atoms with E-state index in [1.54, 1.807) is 6.07 Å². The lowest BCUT2D eigenvalue weighted by Crippen LogP contribution is -2.37. The van der Waals surface area contributed by atoms with Gasteiger partial charge in [-0.05, 0) is 26.0 Å². The topological polar surface area (TPSA) is 95.5 Å². The number of pyridine rings is 1. The number of sulfonamides is 1. The van der Waals surface area contributed by atoms with Crippen LogP contribution >= 0.6 is 24.0 Å². The van der Waals surface area contributed by atoms with Crippen molar-refractivity contribution in [1.82, 2.24) is 20.3 Å². The van der Waals surface area contributed by atoms with Crippen molar-refractivity contribution in [2.24, 2.45) is 4.99 Å². The van der Waals surface area contributed by atoms with E-state index in [2.05, 4.69) is 25.3 Å². The van der Waals surface area contributed by atoms with Gasteiger partial charge in [0.1, 0.15) is 4.90 Å². The maximum Gasteiger partial charge on any atom is 0.242 e. The third-order valence-electron chi connectivity index (χ3n) is 2.31. The van der Waals surface area contributed by atoms with Gasteiger partial charge >= 0.3 is 0 Å². The molecule has 0 saturated carbocycles. The maximum absolute atomic E-state index is 11.9. The predicted octanol–water partition coefficient (Wildman–Crippen LogP) is 0.553. The summed E-state index contributed by atoms with van der Waals surface area (Å²) in [6, 6.07) is 3.09. The van der Waals surface area contributed by atoms with E-state index in [0.29, 0.717) is 12.5 Å². The first-order valence-corrected chi connectivity index (χ1v) is 8.00. The summed E-state index contributed by atoms with van der Waals surface area (Å²) in [7, 11) is -3.51. The van der Waals surface area contributed by atoms with Gasteiger partial charge < -0.3 is 10.6 Å². The van der Waals surface area contributed by atoms with Gasteiger partial charge in [-0.25, -0.2) is 13.1 Å². The minimum atomic E-state index is -3.51. The van der Waals surface area contributed by atoms with Crippen LogP contribution in [-0.4, -0.2) is 45.5 Å². The molecule has 0 bridgehead atoms. The average molecular weight is 427 g/mol. The standard InChI is InChI=1S/C12H21N5O2S.HI/c1-3-14-12(15-4-2)16-8-9-17-20(18,19)11-6-5-7-13-10-11;/h5-7,10,17H,3-4,8-9H2,1-2H3,(H2,14,15,16);1H. The lowest BCUT2D eigenvalue weighted by molar-refractivity contribution is 0.581. The summed E-state index contributed by atoms with van der Waals surface area (Å²) in [5.41, 5.74) is 0. The van der Waals surface area contributed by atoms with Gasteiger partial charge in [0.15, 0.2) is 5.96 Å².